The summed E-state index contributed by atoms with van der Waals surface area (Å²) in [5.74, 6) is 1.31. The van der Waals surface area contributed by atoms with Gasteiger partial charge in [0.15, 0.2) is 0 Å². The van der Waals surface area contributed by atoms with Crippen LogP contribution in [0.15, 0.2) is 12.4 Å². The predicted octanol–water partition coefficient (Wildman–Crippen LogP) is 1.51. The molecule has 0 radical (unpaired) electrons. The van der Waals surface area contributed by atoms with Crippen LogP contribution in [0.2, 0.25) is 0 Å². The third kappa shape index (κ3) is 2.96. The summed E-state index contributed by atoms with van der Waals surface area (Å²) in [6.45, 7) is 3.78. The summed E-state index contributed by atoms with van der Waals surface area (Å²) < 4.78 is 1.76. The number of piperidine rings is 1. The third-order valence-electron chi connectivity index (χ3n) is 3.97. The van der Waals surface area contributed by atoms with Crippen molar-refractivity contribution in [1.29, 1.82) is 0 Å². The average molecular weight is 289 g/mol. The first-order valence-corrected chi connectivity index (χ1v) is 7.27. The summed E-state index contributed by atoms with van der Waals surface area (Å²) in [4.78, 5) is 21.5. The summed E-state index contributed by atoms with van der Waals surface area (Å²) in [7, 11) is 0. The van der Waals surface area contributed by atoms with Crippen LogP contribution in [0.25, 0.3) is 5.78 Å². The van der Waals surface area contributed by atoms with Gasteiger partial charge in [0.25, 0.3) is 5.78 Å². The van der Waals surface area contributed by atoms with Crippen molar-refractivity contribution in [2.75, 3.05) is 18.0 Å². The van der Waals surface area contributed by atoms with E-state index in [-0.39, 0.29) is 6.42 Å². The number of carboxylic acid groups (broad SMARTS) is 1. The predicted molar refractivity (Wildman–Crippen MR) is 77.3 cm³/mol. The summed E-state index contributed by atoms with van der Waals surface area (Å²) in [5.41, 5.74) is 0.915. The van der Waals surface area contributed by atoms with Crippen molar-refractivity contribution >= 4 is 17.6 Å². The van der Waals surface area contributed by atoms with E-state index in [2.05, 4.69) is 20.0 Å². The topological polar surface area (TPSA) is 83.6 Å². The van der Waals surface area contributed by atoms with E-state index in [1.54, 1.807) is 4.52 Å². The lowest BCUT2D eigenvalue weighted by molar-refractivity contribution is -0.137. The number of carboxylic acids is 1. The Kier molecular flexibility index (Phi) is 3.72. The van der Waals surface area contributed by atoms with Gasteiger partial charge in [-0.15, -0.1) is 0 Å². The van der Waals surface area contributed by atoms with Crippen molar-refractivity contribution in [1.82, 2.24) is 19.6 Å². The minimum atomic E-state index is -0.717. The summed E-state index contributed by atoms with van der Waals surface area (Å²) in [6, 6.07) is 2.02. The van der Waals surface area contributed by atoms with Crippen LogP contribution in [0, 0.1) is 12.8 Å². The Balaban J connectivity index is 1.81. The lowest BCUT2D eigenvalue weighted by Crippen LogP contribution is -2.37. The molecule has 0 bridgehead atoms. The highest BCUT2D eigenvalue weighted by Crippen LogP contribution is 2.26. The standard InChI is InChI=1S/C14H19N5O2/c1-10-7-12(19-14(17-10)15-9-16-19)18-6-2-3-11(8-18)4-5-13(20)21/h7,9,11H,2-6,8H2,1H3,(H,20,21). The molecule has 0 spiro atoms. The molecule has 0 saturated carbocycles. The number of rotatable bonds is 4. The van der Waals surface area contributed by atoms with Crippen molar-refractivity contribution in [3.05, 3.63) is 18.1 Å². The molecule has 7 heteroatoms. The molecule has 112 valence electrons. The minimum Gasteiger partial charge on any atom is -0.481 e. The van der Waals surface area contributed by atoms with Gasteiger partial charge < -0.3 is 10.0 Å². The molecule has 2 aromatic heterocycles. The molecule has 1 aliphatic rings. The second-order valence-electron chi connectivity index (χ2n) is 5.61. The van der Waals surface area contributed by atoms with Crippen molar-refractivity contribution in [2.24, 2.45) is 5.92 Å². The number of hydrogen-bond donors (Lipinski definition) is 1. The molecule has 1 aliphatic heterocycles. The van der Waals surface area contributed by atoms with Crippen LogP contribution in [0.1, 0.15) is 31.4 Å². The zero-order valence-electron chi connectivity index (χ0n) is 12.1. The van der Waals surface area contributed by atoms with Gasteiger partial charge >= 0.3 is 5.97 Å². The van der Waals surface area contributed by atoms with Gasteiger partial charge in [-0.2, -0.15) is 14.6 Å². The van der Waals surface area contributed by atoms with Gasteiger partial charge in [0, 0.05) is 31.3 Å². The second kappa shape index (κ2) is 5.67. The van der Waals surface area contributed by atoms with Crippen LogP contribution in [0.4, 0.5) is 5.82 Å². The highest BCUT2D eigenvalue weighted by Gasteiger charge is 2.23. The number of hydrogen-bond acceptors (Lipinski definition) is 5. The van der Waals surface area contributed by atoms with Crippen molar-refractivity contribution in [2.45, 2.75) is 32.6 Å². The molecule has 1 atom stereocenters. The maximum absolute atomic E-state index is 10.7. The third-order valence-corrected chi connectivity index (χ3v) is 3.97. The molecular formula is C14H19N5O2. The van der Waals surface area contributed by atoms with E-state index < -0.39 is 5.97 Å². The number of carbonyl (C=O) groups is 1. The number of fused-ring (bicyclic) bond motifs is 1. The van der Waals surface area contributed by atoms with E-state index in [9.17, 15) is 4.79 Å². The van der Waals surface area contributed by atoms with Crippen molar-refractivity contribution in [3.63, 3.8) is 0 Å². The van der Waals surface area contributed by atoms with Crippen molar-refractivity contribution < 1.29 is 9.90 Å². The Hall–Kier alpha value is -2.18. The van der Waals surface area contributed by atoms with Gasteiger partial charge in [-0.3, -0.25) is 4.79 Å². The Morgan fingerprint density at radius 3 is 3.19 bits per heavy atom. The molecule has 3 rings (SSSR count). The molecule has 0 amide bonds. The first kappa shape index (κ1) is 13.8. The molecule has 7 nitrogen and oxygen atoms in total. The monoisotopic (exact) mass is 289 g/mol. The van der Waals surface area contributed by atoms with E-state index in [0.29, 0.717) is 11.7 Å². The molecule has 2 aromatic rings. The van der Waals surface area contributed by atoms with Gasteiger partial charge in [-0.1, -0.05) is 0 Å². The smallest absolute Gasteiger partial charge is 0.303 e. The van der Waals surface area contributed by atoms with E-state index >= 15 is 0 Å². The van der Waals surface area contributed by atoms with Gasteiger partial charge in [0.05, 0.1) is 0 Å². The van der Waals surface area contributed by atoms with Gasteiger partial charge in [0.2, 0.25) is 0 Å². The number of aryl methyl sites for hydroxylation is 1. The first-order valence-electron chi connectivity index (χ1n) is 7.27. The largest absolute Gasteiger partial charge is 0.481 e. The van der Waals surface area contributed by atoms with Crippen LogP contribution in [0.5, 0.6) is 0 Å². The van der Waals surface area contributed by atoms with Crippen LogP contribution in [-0.2, 0) is 4.79 Å². The van der Waals surface area contributed by atoms with E-state index in [4.69, 9.17) is 5.11 Å². The maximum Gasteiger partial charge on any atom is 0.303 e. The zero-order valence-corrected chi connectivity index (χ0v) is 12.1. The summed E-state index contributed by atoms with van der Waals surface area (Å²) >= 11 is 0. The van der Waals surface area contributed by atoms with E-state index in [0.717, 1.165) is 43.9 Å². The number of anilines is 1. The normalized spacial score (nSPS) is 19.1. The molecule has 21 heavy (non-hydrogen) atoms. The van der Waals surface area contributed by atoms with E-state index in [1.807, 2.05) is 13.0 Å². The lowest BCUT2D eigenvalue weighted by Gasteiger charge is -2.34. The minimum absolute atomic E-state index is 0.243. The lowest BCUT2D eigenvalue weighted by atomic mass is 9.93. The fourth-order valence-corrected chi connectivity index (χ4v) is 2.97. The number of aliphatic carboxylic acids is 1. The van der Waals surface area contributed by atoms with Crippen molar-refractivity contribution in [3.8, 4) is 0 Å². The summed E-state index contributed by atoms with van der Waals surface area (Å²) in [6.07, 6.45) is 4.65. The van der Waals surface area contributed by atoms with Gasteiger partial charge in [-0.25, -0.2) is 4.98 Å². The van der Waals surface area contributed by atoms with Crippen LogP contribution >= 0.6 is 0 Å². The van der Waals surface area contributed by atoms with Crippen LogP contribution < -0.4 is 4.90 Å². The highest BCUT2D eigenvalue weighted by atomic mass is 16.4. The number of aromatic nitrogens is 4. The Labute approximate surface area is 122 Å². The molecule has 0 aliphatic carbocycles. The molecule has 1 saturated heterocycles. The highest BCUT2D eigenvalue weighted by molar-refractivity contribution is 5.66. The zero-order chi connectivity index (χ0) is 14.8. The molecule has 1 unspecified atom stereocenters. The van der Waals surface area contributed by atoms with Crippen LogP contribution in [-0.4, -0.2) is 43.7 Å². The summed E-state index contributed by atoms with van der Waals surface area (Å²) in [5, 5.41) is 13.1. The second-order valence-corrected chi connectivity index (χ2v) is 5.61. The first-order chi connectivity index (χ1) is 10.1. The Bertz CT molecular complexity index is 654. The van der Waals surface area contributed by atoms with Crippen LogP contribution in [0.3, 0.4) is 0 Å². The SMILES string of the molecule is Cc1cc(N2CCCC(CCC(=O)O)C2)n2ncnc2n1. The fourth-order valence-electron chi connectivity index (χ4n) is 2.97. The van der Waals surface area contributed by atoms with E-state index in [1.165, 1.54) is 6.33 Å². The average Bonchev–Trinajstić information content (AvgIpc) is 2.92. The number of nitrogens with zero attached hydrogens (tertiary/aromatic N) is 5. The maximum atomic E-state index is 10.7. The fraction of sp³-hybridized carbons (Fsp3) is 0.571. The van der Waals surface area contributed by atoms with Gasteiger partial charge in [0.1, 0.15) is 12.1 Å². The van der Waals surface area contributed by atoms with Gasteiger partial charge in [-0.05, 0) is 32.1 Å². The molecule has 1 fully saturated rings. The molecule has 0 aromatic carbocycles. The molecular weight excluding hydrogens is 270 g/mol. The Morgan fingerprint density at radius 2 is 2.38 bits per heavy atom. The quantitative estimate of drug-likeness (QED) is 0.918. The molecule has 1 N–H and O–H groups in total. The molecule has 3 heterocycles. The Morgan fingerprint density at radius 1 is 1.52 bits per heavy atom.